The molecule has 1 aliphatic heterocycles. The first-order valence-corrected chi connectivity index (χ1v) is 9.93. The summed E-state index contributed by atoms with van der Waals surface area (Å²) >= 11 is 0. The van der Waals surface area contributed by atoms with Crippen molar-refractivity contribution in [3.8, 4) is 22.8 Å². The van der Waals surface area contributed by atoms with E-state index in [4.69, 9.17) is 17.8 Å². The molecule has 0 spiro atoms. The maximum Gasteiger partial charge on any atom is 0.182 e. The normalized spacial score (nSPS) is 17.0. The number of ether oxygens (including phenoxy) is 1. The van der Waals surface area contributed by atoms with Crippen LogP contribution in [0.3, 0.4) is 0 Å². The van der Waals surface area contributed by atoms with E-state index in [1.807, 2.05) is 77.9 Å². The van der Waals surface area contributed by atoms with Crippen molar-refractivity contribution >= 4 is 18.9 Å². The van der Waals surface area contributed by atoms with Gasteiger partial charge in [0, 0.05) is 29.4 Å². The van der Waals surface area contributed by atoms with Gasteiger partial charge in [-0.3, -0.25) is 9.67 Å². The molecule has 0 bridgehead atoms. The summed E-state index contributed by atoms with van der Waals surface area (Å²) in [7, 11) is 6.13. The summed E-state index contributed by atoms with van der Waals surface area (Å²) in [6.45, 7) is 1.73. The zero-order chi connectivity index (χ0) is 19.6. The van der Waals surface area contributed by atoms with Crippen molar-refractivity contribution in [2.75, 3.05) is 6.54 Å². The molecular formula is C23H21BN4O. The average molecular weight is 380 g/mol. The van der Waals surface area contributed by atoms with E-state index in [0.717, 1.165) is 59.6 Å². The predicted molar refractivity (Wildman–Crippen MR) is 115 cm³/mol. The van der Waals surface area contributed by atoms with Gasteiger partial charge in [-0.1, -0.05) is 18.2 Å². The van der Waals surface area contributed by atoms with Crippen LogP contribution in [0.25, 0.3) is 22.2 Å². The van der Waals surface area contributed by atoms with Gasteiger partial charge in [0.25, 0.3) is 0 Å². The van der Waals surface area contributed by atoms with Crippen LogP contribution in [0.4, 0.5) is 0 Å². The number of hydrogen-bond donors (Lipinski definition) is 0. The molecule has 3 heterocycles. The number of pyridine rings is 1. The summed E-state index contributed by atoms with van der Waals surface area (Å²) in [5.74, 6) is 1.62. The van der Waals surface area contributed by atoms with Crippen LogP contribution in [0.5, 0.6) is 11.5 Å². The van der Waals surface area contributed by atoms with Gasteiger partial charge in [0.15, 0.2) is 7.98 Å². The van der Waals surface area contributed by atoms with Crippen molar-refractivity contribution < 1.29 is 4.74 Å². The van der Waals surface area contributed by atoms with E-state index in [1.165, 1.54) is 0 Å². The van der Waals surface area contributed by atoms with Gasteiger partial charge in [-0.05, 0) is 61.9 Å². The molecule has 1 fully saturated rings. The van der Waals surface area contributed by atoms with Gasteiger partial charge in [-0.25, -0.2) is 0 Å². The molecule has 2 aromatic carbocycles. The van der Waals surface area contributed by atoms with E-state index < -0.39 is 0 Å². The van der Waals surface area contributed by atoms with E-state index in [0.29, 0.717) is 6.04 Å². The Kier molecular flexibility index (Phi) is 4.78. The summed E-state index contributed by atoms with van der Waals surface area (Å²) in [5, 5.41) is 5.97. The number of fused-ring (bicyclic) bond motifs is 1. The molecule has 2 radical (unpaired) electrons. The van der Waals surface area contributed by atoms with Crippen LogP contribution in [0.15, 0.2) is 73.1 Å². The Morgan fingerprint density at radius 1 is 1.00 bits per heavy atom. The molecule has 0 saturated carbocycles. The third kappa shape index (κ3) is 3.63. The van der Waals surface area contributed by atoms with Gasteiger partial charge >= 0.3 is 0 Å². The number of benzene rings is 2. The Morgan fingerprint density at radius 2 is 1.79 bits per heavy atom. The molecule has 5 rings (SSSR count). The summed E-state index contributed by atoms with van der Waals surface area (Å²) < 4.78 is 7.97. The molecule has 1 unspecified atom stereocenters. The second-order valence-electron chi connectivity index (χ2n) is 7.40. The van der Waals surface area contributed by atoms with E-state index in [2.05, 4.69) is 9.67 Å². The lowest BCUT2D eigenvalue weighted by Crippen LogP contribution is -2.30. The molecular weight excluding hydrogens is 359 g/mol. The highest BCUT2D eigenvalue weighted by Crippen LogP contribution is 2.30. The van der Waals surface area contributed by atoms with E-state index in [9.17, 15) is 0 Å². The third-order valence-corrected chi connectivity index (χ3v) is 5.46. The van der Waals surface area contributed by atoms with Gasteiger partial charge in [0.2, 0.25) is 0 Å². The van der Waals surface area contributed by atoms with Crippen LogP contribution in [-0.4, -0.2) is 40.1 Å². The maximum atomic E-state index is 6.13. The Balaban J connectivity index is 1.45. The van der Waals surface area contributed by atoms with Crippen molar-refractivity contribution in [1.82, 2.24) is 19.6 Å². The highest BCUT2D eigenvalue weighted by Gasteiger charge is 2.22. The van der Waals surface area contributed by atoms with Crippen molar-refractivity contribution in [1.29, 1.82) is 0 Å². The third-order valence-electron chi connectivity index (χ3n) is 5.46. The molecule has 0 aliphatic carbocycles. The minimum atomic E-state index is 0.320. The van der Waals surface area contributed by atoms with Crippen LogP contribution in [0.2, 0.25) is 0 Å². The Labute approximate surface area is 171 Å². The first-order valence-electron chi connectivity index (χ1n) is 9.93. The van der Waals surface area contributed by atoms with Crippen molar-refractivity contribution in [2.45, 2.75) is 25.4 Å². The molecule has 2 aromatic heterocycles. The fourth-order valence-corrected chi connectivity index (χ4v) is 3.93. The summed E-state index contributed by atoms with van der Waals surface area (Å²) in [6.07, 6.45) is 5.94. The number of nitrogens with zero attached hydrogens (tertiary/aromatic N) is 4. The number of hydrogen-bond acceptors (Lipinski definition) is 4. The van der Waals surface area contributed by atoms with Gasteiger partial charge in [-0.15, -0.1) is 0 Å². The lowest BCUT2D eigenvalue weighted by atomic mass is 10.1. The zero-order valence-electron chi connectivity index (χ0n) is 16.1. The second kappa shape index (κ2) is 7.72. The van der Waals surface area contributed by atoms with Gasteiger partial charge in [0.1, 0.15) is 17.2 Å². The van der Waals surface area contributed by atoms with E-state index >= 15 is 0 Å². The monoisotopic (exact) mass is 380 g/mol. The van der Waals surface area contributed by atoms with Crippen molar-refractivity contribution in [2.24, 2.45) is 0 Å². The number of para-hydroxylation sites is 1. The second-order valence-corrected chi connectivity index (χ2v) is 7.40. The van der Waals surface area contributed by atoms with Gasteiger partial charge < -0.3 is 9.55 Å². The molecule has 0 N–H and O–H groups in total. The largest absolute Gasteiger partial charge is 0.457 e. The molecule has 1 aliphatic rings. The SMILES string of the molecule is [B]N1CCCC1Cn1nc(-c2ccc(Oc3ccccc3)cc2)c2cnccc21. The van der Waals surface area contributed by atoms with E-state index in [1.54, 1.807) is 0 Å². The van der Waals surface area contributed by atoms with Crippen molar-refractivity contribution in [3.63, 3.8) is 0 Å². The quantitative estimate of drug-likeness (QED) is 0.480. The smallest absolute Gasteiger partial charge is 0.182 e. The summed E-state index contributed by atoms with van der Waals surface area (Å²) in [4.78, 5) is 6.25. The Hall–Kier alpha value is -3.12. The van der Waals surface area contributed by atoms with Crippen LogP contribution < -0.4 is 4.74 Å². The van der Waals surface area contributed by atoms with Crippen LogP contribution in [0, 0.1) is 0 Å². The summed E-state index contributed by atoms with van der Waals surface area (Å²) in [5.41, 5.74) is 3.05. The van der Waals surface area contributed by atoms with Crippen LogP contribution >= 0.6 is 0 Å². The van der Waals surface area contributed by atoms with Gasteiger partial charge in [-0.2, -0.15) is 5.10 Å². The minimum absolute atomic E-state index is 0.320. The van der Waals surface area contributed by atoms with Gasteiger partial charge in [0.05, 0.1) is 12.1 Å². The zero-order valence-corrected chi connectivity index (χ0v) is 16.1. The first-order chi connectivity index (χ1) is 14.3. The molecule has 142 valence electrons. The predicted octanol–water partition coefficient (Wildman–Crippen LogP) is 4.44. The molecule has 1 atom stereocenters. The highest BCUT2D eigenvalue weighted by molar-refractivity contribution is 6.04. The van der Waals surface area contributed by atoms with Crippen LogP contribution in [-0.2, 0) is 6.54 Å². The Morgan fingerprint density at radius 3 is 2.55 bits per heavy atom. The minimum Gasteiger partial charge on any atom is -0.457 e. The first kappa shape index (κ1) is 17.9. The lowest BCUT2D eigenvalue weighted by molar-refractivity contribution is 0.364. The number of rotatable bonds is 5. The lowest BCUT2D eigenvalue weighted by Gasteiger charge is -2.20. The molecule has 1 saturated heterocycles. The standard InChI is InChI=1S/C23H21BN4O/c24-27-14-4-5-18(27)16-28-22-12-13-25-15-21(22)23(26-28)17-8-10-20(11-9-17)29-19-6-2-1-3-7-19/h1-3,6-13,15,18H,4-5,14,16H2. The maximum absolute atomic E-state index is 6.13. The fraction of sp³-hybridized carbons (Fsp3) is 0.217. The van der Waals surface area contributed by atoms with Crippen LogP contribution in [0.1, 0.15) is 12.8 Å². The van der Waals surface area contributed by atoms with E-state index in [-0.39, 0.29) is 0 Å². The topological polar surface area (TPSA) is 43.2 Å². The molecule has 5 nitrogen and oxygen atoms in total. The highest BCUT2D eigenvalue weighted by atomic mass is 16.5. The molecule has 6 heteroatoms. The van der Waals surface area contributed by atoms with Crippen molar-refractivity contribution in [3.05, 3.63) is 73.1 Å². The number of aromatic nitrogens is 3. The molecule has 0 amide bonds. The summed E-state index contributed by atoms with van der Waals surface area (Å²) in [6, 6.07) is 20.2. The molecule has 29 heavy (non-hydrogen) atoms. The Bertz CT molecular complexity index is 1110. The molecule has 4 aromatic rings. The fourth-order valence-electron chi connectivity index (χ4n) is 3.93. The average Bonchev–Trinajstić information content (AvgIpc) is 3.34.